The van der Waals surface area contributed by atoms with Gasteiger partial charge in [-0.2, -0.15) is 4.94 Å². The average Bonchev–Trinajstić information content (AvgIpc) is 2.18. The van der Waals surface area contributed by atoms with Crippen molar-refractivity contribution in [1.82, 2.24) is 5.48 Å². The molecular formula is C8H8BrF2N2O+. The summed E-state index contributed by atoms with van der Waals surface area (Å²) in [6.45, 7) is 0. The van der Waals surface area contributed by atoms with E-state index < -0.39 is 11.6 Å². The molecule has 6 heteroatoms. The van der Waals surface area contributed by atoms with Crippen LogP contribution in [0, 0.1) is 11.6 Å². The Morgan fingerprint density at radius 2 is 2.21 bits per heavy atom. The molecule has 1 aromatic carbocycles. The van der Waals surface area contributed by atoms with Gasteiger partial charge >= 0.3 is 0 Å². The number of halogens is 3. The third-order valence-corrected chi connectivity index (χ3v) is 2.17. The minimum absolute atomic E-state index is 0.188. The molecule has 0 aliphatic rings. The quantitative estimate of drug-likeness (QED) is 0.468. The number of hydrogen-bond donors (Lipinski definition) is 2. The van der Waals surface area contributed by atoms with Crippen molar-refractivity contribution in [1.29, 1.82) is 0 Å². The molecule has 0 spiro atoms. The summed E-state index contributed by atoms with van der Waals surface area (Å²) in [5, 5.41) is 2.32. The Morgan fingerprint density at radius 1 is 1.50 bits per heavy atom. The monoisotopic (exact) mass is 265 g/mol. The zero-order valence-electron chi connectivity index (χ0n) is 7.27. The van der Waals surface area contributed by atoms with Gasteiger partial charge in [0.1, 0.15) is 5.82 Å². The molecular weight excluding hydrogens is 258 g/mol. The van der Waals surface area contributed by atoms with Gasteiger partial charge in [0.15, 0.2) is 5.82 Å². The van der Waals surface area contributed by atoms with E-state index in [0.29, 0.717) is 0 Å². The highest BCUT2D eigenvalue weighted by molar-refractivity contribution is 9.10. The van der Waals surface area contributed by atoms with Crippen LogP contribution in [0.25, 0.3) is 0 Å². The summed E-state index contributed by atoms with van der Waals surface area (Å²) in [5.41, 5.74) is 2.52. The molecule has 1 rings (SSSR count). The van der Waals surface area contributed by atoms with Gasteiger partial charge < -0.3 is 0 Å². The van der Waals surface area contributed by atoms with E-state index in [4.69, 9.17) is 0 Å². The molecule has 0 unspecified atom stereocenters. The van der Waals surface area contributed by atoms with Crippen molar-refractivity contribution in [2.45, 2.75) is 0 Å². The molecule has 3 nitrogen and oxygen atoms in total. The maximum absolute atomic E-state index is 13.3. The fraction of sp³-hybridized carbons (Fsp3) is 0.125. The Morgan fingerprint density at radius 3 is 2.86 bits per heavy atom. The molecule has 76 valence electrons. The molecule has 0 bridgehead atoms. The van der Waals surface area contributed by atoms with Crippen molar-refractivity contribution in [2.75, 3.05) is 7.05 Å². The molecule has 0 amide bonds. The normalized spacial score (nSPS) is 10.9. The fourth-order valence-electron chi connectivity index (χ4n) is 0.804. The second kappa shape index (κ2) is 5.02. The number of nitrogens with one attached hydrogen (secondary N) is 2. The van der Waals surface area contributed by atoms with Crippen LogP contribution in [-0.4, -0.2) is 13.3 Å². The minimum Gasteiger partial charge on any atom is -0.206 e. The molecule has 0 radical (unpaired) electrons. The molecule has 0 atom stereocenters. The van der Waals surface area contributed by atoms with Gasteiger partial charge in [0.05, 0.1) is 10.0 Å². The summed E-state index contributed by atoms with van der Waals surface area (Å²) in [5.74, 6) is -1.33. The molecule has 0 saturated heterocycles. The molecule has 0 aromatic heterocycles. The lowest BCUT2D eigenvalue weighted by Gasteiger charge is -1.97. The summed E-state index contributed by atoms with van der Waals surface area (Å²) >= 11 is 2.78. The second-order valence-electron chi connectivity index (χ2n) is 2.33. The Kier molecular flexibility index (Phi) is 3.97. The zero-order chi connectivity index (χ0) is 10.6. The zero-order valence-corrected chi connectivity index (χ0v) is 8.86. The van der Waals surface area contributed by atoms with Crippen LogP contribution in [0.3, 0.4) is 0 Å². The van der Waals surface area contributed by atoms with Crippen molar-refractivity contribution >= 4 is 22.1 Å². The van der Waals surface area contributed by atoms with Crippen molar-refractivity contribution < 1.29 is 18.9 Å². The van der Waals surface area contributed by atoms with Crippen LogP contribution in [0.5, 0.6) is 0 Å². The third-order valence-electron chi connectivity index (χ3n) is 1.44. The Bertz CT molecular complexity index is 357. The summed E-state index contributed by atoms with van der Waals surface area (Å²) in [6.07, 6.45) is 1.26. The van der Waals surface area contributed by atoms with E-state index in [1.165, 1.54) is 19.3 Å². The average molecular weight is 266 g/mol. The van der Waals surface area contributed by atoms with E-state index in [0.717, 1.165) is 6.07 Å². The standard InChI is InChI=1S/C8H7BrF2N2O/c1-12-14-13-4-5-2-3-6(10)7(9)8(5)11/h2-4,12H,1H3/p+1/b13-4+. The highest BCUT2D eigenvalue weighted by Crippen LogP contribution is 2.20. The van der Waals surface area contributed by atoms with Gasteiger partial charge in [-0.25, -0.2) is 8.78 Å². The fourth-order valence-corrected chi connectivity index (χ4v) is 1.17. The molecule has 0 heterocycles. The van der Waals surface area contributed by atoms with Gasteiger partial charge in [-0.1, -0.05) is 5.48 Å². The largest absolute Gasteiger partial charge is 0.225 e. The van der Waals surface area contributed by atoms with Gasteiger partial charge in [0.2, 0.25) is 6.21 Å². The van der Waals surface area contributed by atoms with Crippen molar-refractivity contribution in [3.8, 4) is 0 Å². The maximum atomic E-state index is 13.3. The van der Waals surface area contributed by atoms with E-state index in [1.54, 1.807) is 0 Å². The van der Waals surface area contributed by atoms with Crippen molar-refractivity contribution in [2.24, 2.45) is 0 Å². The molecule has 2 N–H and O–H groups in total. The van der Waals surface area contributed by atoms with Crippen LogP contribution in [0.15, 0.2) is 16.6 Å². The van der Waals surface area contributed by atoms with Crippen LogP contribution in [-0.2, 0) is 4.94 Å². The molecule has 0 aliphatic heterocycles. The van der Waals surface area contributed by atoms with Gasteiger partial charge in [-0.05, 0) is 33.2 Å². The van der Waals surface area contributed by atoms with Crippen LogP contribution in [0.2, 0.25) is 0 Å². The first kappa shape index (κ1) is 11.1. The van der Waals surface area contributed by atoms with Crippen LogP contribution < -0.4 is 10.6 Å². The van der Waals surface area contributed by atoms with Crippen LogP contribution >= 0.6 is 15.9 Å². The number of rotatable bonds is 3. The SMILES string of the molecule is CNO/[NH+]=C/c1ccc(F)c(Br)c1F. The van der Waals surface area contributed by atoms with Crippen molar-refractivity contribution in [3.63, 3.8) is 0 Å². The Hall–Kier alpha value is -1.01. The predicted molar refractivity (Wildman–Crippen MR) is 50.3 cm³/mol. The smallest absolute Gasteiger partial charge is 0.206 e. The van der Waals surface area contributed by atoms with E-state index in [1.807, 2.05) is 0 Å². The molecule has 0 aliphatic carbocycles. The summed E-state index contributed by atoms with van der Waals surface area (Å²) in [4.78, 5) is 4.53. The highest BCUT2D eigenvalue weighted by Gasteiger charge is 2.11. The number of hydrogen-bond acceptors (Lipinski definition) is 2. The van der Waals surface area contributed by atoms with Crippen LogP contribution in [0.1, 0.15) is 5.56 Å². The summed E-state index contributed by atoms with van der Waals surface area (Å²) in [7, 11) is 1.54. The first-order chi connectivity index (χ1) is 6.66. The van der Waals surface area contributed by atoms with E-state index in [9.17, 15) is 8.78 Å². The van der Waals surface area contributed by atoms with Gasteiger partial charge in [0.25, 0.3) is 0 Å². The lowest BCUT2D eigenvalue weighted by atomic mass is 10.2. The van der Waals surface area contributed by atoms with Gasteiger partial charge in [-0.3, -0.25) is 0 Å². The maximum Gasteiger partial charge on any atom is 0.225 e. The van der Waals surface area contributed by atoms with E-state index in [-0.39, 0.29) is 10.0 Å². The van der Waals surface area contributed by atoms with Gasteiger partial charge in [0, 0.05) is 7.05 Å². The number of benzene rings is 1. The lowest BCUT2D eigenvalue weighted by molar-refractivity contribution is -0.767. The third kappa shape index (κ3) is 2.49. The summed E-state index contributed by atoms with van der Waals surface area (Å²) < 4.78 is 25.8. The molecule has 0 saturated carbocycles. The minimum atomic E-state index is -0.683. The van der Waals surface area contributed by atoms with Crippen molar-refractivity contribution in [3.05, 3.63) is 33.8 Å². The second-order valence-corrected chi connectivity index (χ2v) is 3.13. The highest BCUT2D eigenvalue weighted by atomic mass is 79.9. The van der Waals surface area contributed by atoms with Gasteiger partial charge in [-0.15, -0.1) is 0 Å². The molecule has 1 aromatic rings. The lowest BCUT2D eigenvalue weighted by Crippen LogP contribution is -2.70. The van der Waals surface area contributed by atoms with Crippen LogP contribution in [0.4, 0.5) is 8.78 Å². The van der Waals surface area contributed by atoms with E-state index in [2.05, 4.69) is 31.5 Å². The first-order valence-electron chi connectivity index (χ1n) is 3.71. The first-order valence-corrected chi connectivity index (χ1v) is 4.51. The summed E-state index contributed by atoms with van der Waals surface area (Å²) in [6, 6.07) is 2.45. The Labute approximate surface area is 87.8 Å². The van der Waals surface area contributed by atoms with E-state index >= 15 is 0 Å². The molecule has 0 fully saturated rings. The topological polar surface area (TPSA) is 35.2 Å². The Balaban J connectivity index is 2.94. The number of hydroxylamine groups is 1. The molecule has 14 heavy (non-hydrogen) atoms. The predicted octanol–water partition coefficient (Wildman–Crippen LogP) is 0.293.